The number of carbonyl (C=O) groups is 1. The molecule has 0 N–H and O–H groups in total. The van der Waals surface area contributed by atoms with Gasteiger partial charge >= 0.3 is 0 Å². The molecule has 0 saturated heterocycles. The van der Waals surface area contributed by atoms with Crippen molar-refractivity contribution in [3.05, 3.63) is 110 Å². The molecule has 5 nitrogen and oxygen atoms in total. The Morgan fingerprint density at radius 3 is 2.24 bits per heavy atom. The highest BCUT2D eigenvalue weighted by molar-refractivity contribution is 5.99. The number of ether oxygens (including phenoxy) is 1. The minimum atomic E-state index is -0.504. The average molecular weight is 496 g/mol. The number of fused-ring (bicyclic) bond motifs is 2. The maximum absolute atomic E-state index is 13.9. The van der Waals surface area contributed by atoms with Gasteiger partial charge in [0.2, 0.25) is 5.76 Å². The summed E-state index contributed by atoms with van der Waals surface area (Å²) in [5, 5.41) is 0.547. The van der Waals surface area contributed by atoms with Gasteiger partial charge in [0.15, 0.2) is 5.43 Å². The summed E-state index contributed by atoms with van der Waals surface area (Å²) in [5.41, 5.74) is 5.81. The van der Waals surface area contributed by atoms with Crippen LogP contribution >= 0.6 is 0 Å². The van der Waals surface area contributed by atoms with E-state index in [1.54, 1.807) is 12.0 Å². The van der Waals surface area contributed by atoms with E-state index in [4.69, 9.17) is 9.15 Å². The van der Waals surface area contributed by atoms with Crippen LogP contribution in [0.1, 0.15) is 70.7 Å². The van der Waals surface area contributed by atoms with Crippen LogP contribution in [-0.2, 0) is 11.8 Å². The van der Waals surface area contributed by atoms with Crippen LogP contribution in [0.4, 0.5) is 0 Å². The second kappa shape index (κ2) is 9.22. The van der Waals surface area contributed by atoms with Crippen molar-refractivity contribution in [1.29, 1.82) is 0 Å². The van der Waals surface area contributed by atoms with E-state index in [-0.39, 0.29) is 22.5 Å². The lowest BCUT2D eigenvalue weighted by molar-refractivity contribution is 0.0730. The molecule has 37 heavy (non-hydrogen) atoms. The molecule has 1 aromatic heterocycles. The number of benzene rings is 3. The zero-order valence-electron chi connectivity index (χ0n) is 22.3. The third-order valence-electron chi connectivity index (χ3n) is 7.31. The summed E-state index contributed by atoms with van der Waals surface area (Å²) < 4.78 is 11.5. The van der Waals surface area contributed by atoms with Gasteiger partial charge in [0.25, 0.3) is 5.91 Å². The number of aryl methyl sites for hydroxylation is 2. The van der Waals surface area contributed by atoms with Crippen LogP contribution < -0.4 is 10.2 Å². The predicted octanol–water partition coefficient (Wildman–Crippen LogP) is 6.50. The fraction of sp³-hybridized carbons (Fsp3) is 0.312. The zero-order valence-corrected chi connectivity index (χ0v) is 22.3. The summed E-state index contributed by atoms with van der Waals surface area (Å²) in [6.07, 6.45) is 0.645. The van der Waals surface area contributed by atoms with E-state index in [1.807, 2.05) is 62.4 Å². The molecule has 5 heteroatoms. The molecule has 0 radical (unpaired) electrons. The monoisotopic (exact) mass is 495 g/mol. The van der Waals surface area contributed by atoms with Crippen molar-refractivity contribution in [2.75, 3.05) is 13.7 Å². The fourth-order valence-electron chi connectivity index (χ4n) is 5.30. The molecule has 1 aliphatic heterocycles. The second-order valence-corrected chi connectivity index (χ2v) is 11.0. The zero-order chi connectivity index (χ0) is 26.5. The first-order valence-electron chi connectivity index (χ1n) is 12.7. The van der Waals surface area contributed by atoms with E-state index < -0.39 is 6.04 Å². The van der Waals surface area contributed by atoms with Crippen LogP contribution in [0.5, 0.6) is 5.75 Å². The molecule has 4 aromatic rings. The normalized spacial score (nSPS) is 15.4. The van der Waals surface area contributed by atoms with Gasteiger partial charge in [0, 0.05) is 6.54 Å². The molecular formula is C32H33NO4. The van der Waals surface area contributed by atoms with Crippen LogP contribution in [0, 0.1) is 13.8 Å². The number of rotatable bonds is 5. The number of nitrogens with zero attached hydrogens (tertiary/aromatic N) is 1. The number of amides is 1. The second-order valence-electron chi connectivity index (χ2n) is 11.0. The van der Waals surface area contributed by atoms with Crippen LogP contribution in [-0.4, -0.2) is 24.5 Å². The lowest BCUT2D eigenvalue weighted by Gasteiger charge is -2.26. The van der Waals surface area contributed by atoms with E-state index in [0.29, 0.717) is 29.5 Å². The minimum absolute atomic E-state index is 0.000186. The number of hydrogen-bond acceptors (Lipinski definition) is 4. The molecule has 190 valence electrons. The molecule has 0 saturated carbocycles. The summed E-state index contributed by atoms with van der Waals surface area (Å²) in [5.74, 6) is 0.700. The Balaban J connectivity index is 1.62. The SMILES string of the molecule is COc1ccc(CCN2C(=O)c3oc4cc(C)cc(C)c4c(=O)c3C2c2ccc(C(C)(C)C)cc2)cc1. The van der Waals surface area contributed by atoms with Crippen molar-refractivity contribution in [2.24, 2.45) is 0 Å². The largest absolute Gasteiger partial charge is 0.497 e. The number of hydrogen-bond donors (Lipinski definition) is 0. The van der Waals surface area contributed by atoms with Gasteiger partial charge < -0.3 is 14.1 Å². The van der Waals surface area contributed by atoms with Crippen molar-refractivity contribution >= 4 is 16.9 Å². The Morgan fingerprint density at radius 2 is 1.62 bits per heavy atom. The minimum Gasteiger partial charge on any atom is -0.497 e. The first-order valence-corrected chi connectivity index (χ1v) is 12.7. The first kappa shape index (κ1) is 24.8. The highest BCUT2D eigenvalue weighted by Crippen LogP contribution is 2.39. The Bertz CT molecular complexity index is 1540. The molecular weight excluding hydrogens is 462 g/mol. The lowest BCUT2D eigenvalue weighted by atomic mass is 9.85. The fourth-order valence-corrected chi connectivity index (χ4v) is 5.30. The lowest BCUT2D eigenvalue weighted by Crippen LogP contribution is -2.31. The van der Waals surface area contributed by atoms with Gasteiger partial charge in [-0.3, -0.25) is 9.59 Å². The Hall–Kier alpha value is -3.86. The van der Waals surface area contributed by atoms with Gasteiger partial charge in [-0.25, -0.2) is 0 Å². The van der Waals surface area contributed by atoms with Gasteiger partial charge in [-0.05, 0) is 71.7 Å². The first-order chi connectivity index (χ1) is 17.6. The van der Waals surface area contributed by atoms with E-state index in [0.717, 1.165) is 28.0 Å². The third kappa shape index (κ3) is 4.43. The Kier molecular flexibility index (Phi) is 6.18. The number of carbonyl (C=O) groups excluding carboxylic acids is 1. The van der Waals surface area contributed by atoms with Gasteiger partial charge in [0.1, 0.15) is 11.3 Å². The molecule has 1 unspecified atom stereocenters. The van der Waals surface area contributed by atoms with Gasteiger partial charge in [-0.1, -0.05) is 63.2 Å². The van der Waals surface area contributed by atoms with Crippen molar-refractivity contribution in [1.82, 2.24) is 4.90 Å². The molecule has 1 amide bonds. The van der Waals surface area contributed by atoms with Crippen molar-refractivity contribution in [3.63, 3.8) is 0 Å². The summed E-state index contributed by atoms with van der Waals surface area (Å²) in [6.45, 7) is 10.8. The van der Waals surface area contributed by atoms with Crippen molar-refractivity contribution in [2.45, 2.75) is 52.5 Å². The summed E-state index contributed by atoms with van der Waals surface area (Å²) >= 11 is 0. The number of methoxy groups -OCH3 is 1. The quantitative estimate of drug-likeness (QED) is 0.317. The maximum atomic E-state index is 13.9. The van der Waals surface area contributed by atoms with E-state index in [2.05, 4.69) is 32.9 Å². The molecule has 5 rings (SSSR count). The molecule has 0 bridgehead atoms. The molecule has 0 aliphatic carbocycles. The van der Waals surface area contributed by atoms with Gasteiger partial charge in [-0.2, -0.15) is 0 Å². The highest BCUT2D eigenvalue weighted by atomic mass is 16.5. The molecule has 0 spiro atoms. The summed E-state index contributed by atoms with van der Waals surface area (Å²) in [6, 6.07) is 19.4. The Labute approximate surface area is 217 Å². The molecule has 1 atom stereocenters. The Morgan fingerprint density at radius 1 is 0.946 bits per heavy atom. The van der Waals surface area contributed by atoms with Gasteiger partial charge in [-0.15, -0.1) is 0 Å². The van der Waals surface area contributed by atoms with Crippen LogP contribution in [0.15, 0.2) is 69.9 Å². The topological polar surface area (TPSA) is 59.8 Å². The van der Waals surface area contributed by atoms with Crippen LogP contribution in [0.2, 0.25) is 0 Å². The molecule has 0 fully saturated rings. The summed E-state index contributed by atoms with van der Waals surface area (Å²) in [4.78, 5) is 29.5. The van der Waals surface area contributed by atoms with Gasteiger partial charge in [0.05, 0.1) is 24.1 Å². The molecule has 2 heterocycles. The third-order valence-corrected chi connectivity index (χ3v) is 7.31. The van der Waals surface area contributed by atoms with E-state index in [9.17, 15) is 9.59 Å². The smallest absolute Gasteiger partial charge is 0.290 e. The van der Waals surface area contributed by atoms with Crippen LogP contribution in [0.3, 0.4) is 0 Å². The molecule has 3 aromatic carbocycles. The molecule has 1 aliphatic rings. The van der Waals surface area contributed by atoms with Crippen molar-refractivity contribution < 1.29 is 13.9 Å². The van der Waals surface area contributed by atoms with E-state index in [1.165, 1.54) is 5.56 Å². The van der Waals surface area contributed by atoms with E-state index >= 15 is 0 Å². The van der Waals surface area contributed by atoms with Crippen LogP contribution in [0.25, 0.3) is 11.0 Å². The average Bonchev–Trinajstić information content (AvgIpc) is 3.14. The standard InChI is InChI=1S/C32H33NO4/c1-19-17-20(2)26-25(18-19)37-30-27(29(26)34)28(22-9-11-23(12-10-22)32(3,4)5)33(31(30)35)16-15-21-7-13-24(36-6)14-8-21/h7-14,17-18,28H,15-16H2,1-6H3. The maximum Gasteiger partial charge on any atom is 0.290 e. The summed E-state index contributed by atoms with van der Waals surface area (Å²) in [7, 11) is 1.64. The highest BCUT2D eigenvalue weighted by Gasteiger charge is 2.42. The predicted molar refractivity (Wildman–Crippen MR) is 147 cm³/mol. The van der Waals surface area contributed by atoms with Crippen molar-refractivity contribution in [3.8, 4) is 5.75 Å².